The van der Waals surface area contributed by atoms with Gasteiger partial charge in [-0.25, -0.2) is 5.43 Å². The standard InChI is InChI=1S/C11H22N4O2/c1-4-6-17-8-9(14-12)11-10(16-3)7-13-15(11)5-2/h7,9,14H,4-6,8,12H2,1-3H3. The van der Waals surface area contributed by atoms with E-state index in [1.807, 2.05) is 11.6 Å². The number of nitrogens with one attached hydrogen (secondary N) is 1. The minimum atomic E-state index is -0.112. The van der Waals surface area contributed by atoms with Crippen LogP contribution in [0.4, 0.5) is 0 Å². The SMILES string of the molecule is CCCOCC(NN)c1c(OC)cnn1CC. The molecule has 0 amide bonds. The summed E-state index contributed by atoms with van der Waals surface area (Å²) < 4.78 is 12.7. The van der Waals surface area contributed by atoms with Crippen molar-refractivity contribution in [3.63, 3.8) is 0 Å². The molecular weight excluding hydrogens is 220 g/mol. The first-order valence-electron chi connectivity index (χ1n) is 5.91. The van der Waals surface area contributed by atoms with E-state index in [4.69, 9.17) is 15.3 Å². The number of aromatic nitrogens is 2. The maximum atomic E-state index is 5.57. The molecule has 0 spiro atoms. The van der Waals surface area contributed by atoms with Gasteiger partial charge in [0, 0.05) is 13.2 Å². The van der Waals surface area contributed by atoms with E-state index in [9.17, 15) is 0 Å². The first-order chi connectivity index (χ1) is 8.28. The van der Waals surface area contributed by atoms with Gasteiger partial charge in [-0.05, 0) is 13.3 Å². The fraction of sp³-hybridized carbons (Fsp3) is 0.727. The van der Waals surface area contributed by atoms with Gasteiger partial charge in [0.15, 0.2) is 5.75 Å². The summed E-state index contributed by atoms with van der Waals surface area (Å²) in [6, 6.07) is -0.112. The van der Waals surface area contributed by atoms with E-state index < -0.39 is 0 Å². The third-order valence-corrected chi connectivity index (χ3v) is 2.53. The summed E-state index contributed by atoms with van der Waals surface area (Å²) in [5.41, 5.74) is 3.67. The first-order valence-corrected chi connectivity index (χ1v) is 5.91. The lowest BCUT2D eigenvalue weighted by molar-refractivity contribution is 0.109. The van der Waals surface area contributed by atoms with Crippen LogP contribution in [0.2, 0.25) is 0 Å². The van der Waals surface area contributed by atoms with Gasteiger partial charge in [0.2, 0.25) is 0 Å². The lowest BCUT2D eigenvalue weighted by atomic mass is 10.2. The molecule has 1 atom stereocenters. The van der Waals surface area contributed by atoms with Crippen molar-refractivity contribution in [2.75, 3.05) is 20.3 Å². The summed E-state index contributed by atoms with van der Waals surface area (Å²) >= 11 is 0. The highest BCUT2D eigenvalue weighted by molar-refractivity contribution is 5.28. The number of nitrogens with two attached hydrogens (primary N) is 1. The third kappa shape index (κ3) is 3.42. The van der Waals surface area contributed by atoms with Crippen LogP contribution in [0.15, 0.2) is 6.20 Å². The van der Waals surface area contributed by atoms with Crippen LogP contribution >= 0.6 is 0 Å². The second-order valence-corrected chi connectivity index (χ2v) is 3.71. The Morgan fingerprint density at radius 3 is 2.82 bits per heavy atom. The van der Waals surface area contributed by atoms with Gasteiger partial charge in [-0.2, -0.15) is 5.10 Å². The minimum absolute atomic E-state index is 0.112. The average Bonchev–Trinajstić information content (AvgIpc) is 2.77. The van der Waals surface area contributed by atoms with Gasteiger partial charge in [-0.1, -0.05) is 6.92 Å². The van der Waals surface area contributed by atoms with Gasteiger partial charge >= 0.3 is 0 Å². The molecule has 1 unspecified atom stereocenters. The zero-order valence-electron chi connectivity index (χ0n) is 10.8. The quantitative estimate of drug-likeness (QED) is 0.401. The van der Waals surface area contributed by atoms with Crippen molar-refractivity contribution in [1.29, 1.82) is 0 Å². The number of hydrogen-bond acceptors (Lipinski definition) is 5. The van der Waals surface area contributed by atoms with E-state index in [1.165, 1.54) is 0 Å². The smallest absolute Gasteiger partial charge is 0.161 e. The molecule has 1 aromatic rings. The van der Waals surface area contributed by atoms with E-state index in [0.29, 0.717) is 6.61 Å². The molecular formula is C11H22N4O2. The predicted molar refractivity (Wildman–Crippen MR) is 65.6 cm³/mol. The molecule has 0 bridgehead atoms. The number of aryl methyl sites for hydroxylation is 1. The van der Waals surface area contributed by atoms with Crippen LogP contribution in [0.3, 0.4) is 0 Å². The lowest BCUT2D eigenvalue weighted by Crippen LogP contribution is -2.33. The molecule has 0 saturated carbocycles. The van der Waals surface area contributed by atoms with Crippen LogP contribution in [-0.4, -0.2) is 30.1 Å². The Hall–Kier alpha value is -1.11. The van der Waals surface area contributed by atoms with Gasteiger partial charge in [0.05, 0.1) is 26.0 Å². The Labute approximate surface area is 102 Å². The van der Waals surface area contributed by atoms with E-state index >= 15 is 0 Å². The van der Waals surface area contributed by atoms with Crippen molar-refractivity contribution in [1.82, 2.24) is 15.2 Å². The van der Waals surface area contributed by atoms with E-state index in [1.54, 1.807) is 13.3 Å². The molecule has 98 valence electrons. The van der Waals surface area contributed by atoms with Crippen molar-refractivity contribution in [2.45, 2.75) is 32.9 Å². The molecule has 1 rings (SSSR count). The second kappa shape index (κ2) is 7.26. The third-order valence-electron chi connectivity index (χ3n) is 2.53. The molecule has 1 aromatic heterocycles. The van der Waals surface area contributed by atoms with Crippen LogP contribution in [0, 0.1) is 0 Å². The van der Waals surface area contributed by atoms with E-state index in [-0.39, 0.29) is 6.04 Å². The Morgan fingerprint density at radius 1 is 1.53 bits per heavy atom. The number of methoxy groups -OCH3 is 1. The van der Waals surface area contributed by atoms with Gasteiger partial charge < -0.3 is 9.47 Å². The van der Waals surface area contributed by atoms with Crippen molar-refractivity contribution in [2.24, 2.45) is 5.84 Å². The molecule has 6 nitrogen and oxygen atoms in total. The molecule has 17 heavy (non-hydrogen) atoms. The lowest BCUT2D eigenvalue weighted by Gasteiger charge is -2.18. The molecule has 0 aliphatic heterocycles. The fourth-order valence-electron chi connectivity index (χ4n) is 1.69. The fourth-order valence-corrected chi connectivity index (χ4v) is 1.69. The maximum Gasteiger partial charge on any atom is 0.161 e. The summed E-state index contributed by atoms with van der Waals surface area (Å²) in [6.07, 6.45) is 2.68. The molecule has 0 aliphatic carbocycles. The number of nitrogens with zero attached hydrogens (tertiary/aromatic N) is 2. The predicted octanol–water partition coefficient (Wildman–Crippen LogP) is 0.843. The van der Waals surface area contributed by atoms with Crippen LogP contribution in [0.5, 0.6) is 5.75 Å². The van der Waals surface area contributed by atoms with Crippen molar-refractivity contribution in [3.8, 4) is 5.75 Å². The second-order valence-electron chi connectivity index (χ2n) is 3.71. The highest BCUT2D eigenvalue weighted by Gasteiger charge is 2.20. The molecule has 6 heteroatoms. The first kappa shape index (κ1) is 14.0. The van der Waals surface area contributed by atoms with Crippen LogP contribution in [0.1, 0.15) is 32.0 Å². The normalized spacial score (nSPS) is 12.7. The minimum Gasteiger partial charge on any atom is -0.493 e. The van der Waals surface area contributed by atoms with Gasteiger partial charge in [0.1, 0.15) is 5.69 Å². The number of rotatable bonds is 8. The Morgan fingerprint density at radius 2 is 2.29 bits per heavy atom. The summed E-state index contributed by atoms with van der Waals surface area (Å²) in [7, 11) is 1.63. The molecule has 0 fully saturated rings. The molecule has 0 radical (unpaired) electrons. The summed E-state index contributed by atoms with van der Waals surface area (Å²) in [5, 5.41) is 4.24. The van der Waals surface area contributed by atoms with Crippen molar-refractivity contribution in [3.05, 3.63) is 11.9 Å². The summed E-state index contributed by atoms with van der Waals surface area (Å²) in [4.78, 5) is 0. The van der Waals surface area contributed by atoms with Gasteiger partial charge in [-0.3, -0.25) is 10.5 Å². The van der Waals surface area contributed by atoms with E-state index in [0.717, 1.165) is 31.0 Å². The number of hydrazine groups is 1. The Bertz CT molecular complexity index is 306. The highest BCUT2D eigenvalue weighted by Crippen LogP contribution is 2.24. The Kier molecular flexibility index (Phi) is 5.96. The summed E-state index contributed by atoms with van der Waals surface area (Å²) in [5.74, 6) is 6.30. The monoisotopic (exact) mass is 242 g/mol. The topological polar surface area (TPSA) is 74.3 Å². The summed E-state index contributed by atoms with van der Waals surface area (Å²) in [6.45, 7) is 6.09. The van der Waals surface area contributed by atoms with Crippen molar-refractivity contribution < 1.29 is 9.47 Å². The average molecular weight is 242 g/mol. The largest absolute Gasteiger partial charge is 0.493 e. The zero-order chi connectivity index (χ0) is 12.7. The van der Waals surface area contributed by atoms with Gasteiger partial charge in [0.25, 0.3) is 0 Å². The number of ether oxygens (including phenoxy) is 2. The molecule has 3 N–H and O–H groups in total. The van der Waals surface area contributed by atoms with Crippen LogP contribution in [-0.2, 0) is 11.3 Å². The molecule has 0 aliphatic rings. The van der Waals surface area contributed by atoms with Gasteiger partial charge in [-0.15, -0.1) is 0 Å². The molecule has 1 heterocycles. The maximum absolute atomic E-state index is 5.57. The van der Waals surface area contributed by atoms with Crippen molar-refractivity contribution >= 4 is 0 Å². The van der Waals surface area contributed by atoms with Crippen LogP contribution in [0.25, 0.3) is 0 Å². The molecule has 0 aromatic carbocycles. The Balaban J connectivity index is 2.81. The van der Waals surface area contributed by atoms with Crippen LogP contribution < -0.4 is 16.0 Å². The number of hydrogen-bond donors (Lipinski definition) is 2. The zero-order valence-corrected chi connectivity index (χ0v) is 10.8. The molecule has 0 saturated heterocycles. The van der Waals surface area contributed by atoms with E-state index in [2.05, 4.69) is 17.4 Å². The highest BCUT2D eigenvalue weighted by atomic mass is 16.5.